The van der Waals surface area contributed by atoms with Crippen LogP contribution in [0.2, 0.25) is 0 Å². The lowest BCUT2D eigenvalue weighted by atomic mass is 9.94. The van der Waals surface area contributed by atoms with Gasteiger partial charge in [-0.05, 0) is 29.5 Å². The molecular weight excluding hydrogens is 240 g/mol. The van der Waals surface area contributed by atoms with E-state index in [-0.39, 0.29) is 10.8 Å². The van der Waals surface area contributed by atoms with Gasteiger partial charge in [-0.1, -0.05) is 45.0 Å². The molecule has 2 aromatic rings. The Hall–Kier alpha value is -1.41. The topological polar surface area (TPSA) is 17.1 Å². The van der Waals surface area contributed by atoms with Gasteiger partial charge < -0.3 is 0 Å². The zero-order valence-corrected chi connectivity index (χ0v) is 12.1. The lowest BCUT2D eigenvalue weighted by Crippen LogP contribution is -2.13. The zero-order chi connectivity index (χ0) is 13.3. The molecule has 0 fully saturated rings. The summed E-state index contributed by atoms with van der Waals surface area (Å²) in [5.41, 5.74) is 2.48. The van der Waals surface area contributed by atoms with Crippen LogP contribution in [0.4, 0.5) is 0 Å². The number of hydrogen-bond acceptors (Lipinski definition) is 2. The van der Waals surface area contributed by atoms with Gasteiger partial charge in [0.2, 0.25) is 0 Å². The fourth-order valence-electron chi connectivity index (χ4n) is 1.83. The van der Waals surface area contributed by atoms with Crippen molar-refractivity contribution in [1.82, 2.24) is 0 Å². The van der Waals surface area contributed by atoms with Crippen LogP contribution in [-0.2, 0) is 5.41 Å². The van der Waals surface area contributed by atoms with Crippen molar-refractivity contribution in [3.63, 3.8) is 0 Å². The molecule has 0 saturated carbocycles. The third-order valence-corrected chi connectivity index (χ3v) is 4.42. The van der Waals surface area contributed by atoms with Gasteiger partial charge in [0.15, 0.2) is 5.43 Å². The van der Waals surface area contributed by atoms with Gasteiger partial charge in [0.25, 0.3) is 0 Å². The normalized spacial score (nSPS) is 11.6. The summed E-state index contributed by atoms with van der Waals surface area (Å²) in [5.74, 6) is 0. The van der Waals surface area contributed by atoms with E-state index >= 15 is 0 Å². The Morgan fingerprint density at radius 1 is 1.06 bits per heavy atom. The van der Waals surface area contributed by atoms with Crippen LogP contribution in [0.5, 0.6) is 0 Å². The summed E-state index contributed by atoms with van der Waals surface area (Å²) in [6.07, 6.45) is 0. The van der Waals surface area contributed by atoms with Crippen molar-refractivity contribution in [2.45, 2.75) is 33.1 Å². The second-order valence-corrected chi connectivity index (χ2v) is 6.67. The average molecular weight is 258 g/mol. The first-order valence-corrected chi connectivity index (χ1v) is 6.91. The van der Waals surface area contributed by atoms with Crippen LogP contribution < -0.4 is 5.43 Å². The third kappa shape index (κ3) is 2.70. The SMILES string of the molecule is Cc1ccccc1-c1cc(=O)cc(C(C)(C)C)s1. The summed E-state index contributed by atoms with van der Waals surface area (Å²) in [5, 5.41) is 0. The van der Waals surface area contributed by atoms with E-state index in [9.17, 15) is 4.79 Å². The van der Waals surface area contributed by atoms with E-state index in [0.29, 0.717) is 0 Å². The van der Waals surface area contributed by atoms with E-state index in [1.165, 1.54) is 5.56 Å². The monoisotopic (exact) mass is 258 g/mol. The standard InChI is InChI=1S/C16H18OS/c1-11-7-5-6-8-13(11)14-9-12(17)10-15(18-14)16(2,3)4/h5-10H,1-4H3. The van der Waals surface area contributed by atoms with Crippen LogP contribution in [0.25, 0.3) is 10.4 Å². The third-order valence-electron chi connectivity index (χ3n) is 2.92. The fraction of sp³-hybridized carbons (Fsp3) is 0.312. The van der Waals surface area contributed by atoms with Crippen molar-refractivity contribution in [1.29, 1.82) is 0 Å². The maximum Gasteiger partial charge on any atom is 0.181 e. The molecule has 0 spiro atoms. The molecule has 0 radical (unpaired) electrons. The molecule has 0 aliphatic heterocycles. The molecule has 1 nitrogen and oxygen atoms in total. The van der Waals surface area contributed by atoms with Gasteiger partial charge >= 0.3 is 0 Å². The van der Waals surface area contributed by atoms with Gasteiger partial charge in [-0.3, -0.25) is 4.79 Å². The Bertz CT molecular complexity index is 617. The van der Waals surface area contributed by atoms with E-state index in [0.717, 1.165) is 15.3 Å². The maximum atomic E-state index is 11.8. The highest BCUT2D eigenvalue weighted by Gasteiger charge is 2.16. The summed E-state index contributed by atoms with van der Waals surface area (Å²) in [4.78, 5) is 14.0. The van der Waals surface area contributed by atoms with Gasteiger partial charge in [-0.15, -0.1) is 11.3 Å². The minimum Gasteiger partial charge on any atom is -0.290 e. The van der Waals surface area contributed by atoms with Gasteiger partial charge in [0.1, 0.15) is 0 Å². The summed E-state index contributed by atoms with van der Waals surface area (Å²) in [7, 11) is 0. The van der Waals surface area contributed by atoms with Crippen molar-refractivity contribution in [2.75, 3.05) is 0 Å². The molecule has 0 atom stereocenters. The van der Waals surface area contributed by atoms with Crippen LogP contribution in [0.15, 0.2) is 41.2 Å². The van der Waals surface area contributed by atoms with E-state index in [4.69, 9.17) is 0 Å². The molecule has 1 aromatic carbocycles. The smallest absolute Gasteiger partial charge is 0.181 e. The molecular formula is C16H18OS. The molecule has 0 saturated heterocycles. The number of rotatable bonds is 1. The second-order valence-electron chi connectivity index (χ2n) is 5.59. The predicted octanol–water partition coefficient (Wildman–Crippen LogP) is 4.38. The minimum absolute atomic E-state index is 0.0164. The molecule has 1 heterocycles. The molecule has 0 bridgehead atoms. The molecule has 94 valence electrons. The lowest BCUT2D eigenvalue weighted by molar-refractivity contribution is 0.603. The van der Waals surface area contributed by atoms with Crippen molar-refractivity contribution in [3.8, 4) is 10.4 Å². The molecule has 18 heavy (non-hydrogen) atoms. The molecule has 2 rings (SSSR count). The van der Waals surface area contributed by atoms with Crippen molar-refractivity contribution < 1.29 is 0 Å². The quantitative estimate of drug-likeness (QED) is 0.742. The number of hydrogen-bond donors (Lipinski definition) is 0. The molecule has 0 aliphatic rings. The van der Waals surface area contributed by atoms with Crippen LogP contribution in [-0.4, -0.2) is 0 Å². The first-order chi connectivity index (χ1) is 8.38. The lowest BCUT2D eigenvalue weighted by Gasteiger charge is -2.18. The van der Waals surface area contributed by atoms with Gasteiger partial charge in [0, 0.05) is 15.8 Å². The summed E-state index contributed by atoms with van der Waals surface area (Å²) >= 11 is 1.71. The Morgan fingerprint density at radius 2 is 1.72 bits per heavy atom. The van der Waals surface area contributed by atoms with Gasteiger partial charge in [-0.25, -0.2) is 0 Å². The minimum atomic E-state index is 0.0164. The first kappa shape index (κ1) is 13.0. The molecule has 0 N–H and O–H groups in total. The van der Waals surface area contributed by atoms with Crippen LogP contribution in [0.3, 0.4) is 0 Å². The Labute approximate surface area is 112 Å². The highest BCUT2D eigenvalue weighted by Crippen LogP contribution is 2.32. The van der Waals surface area contributed by atoms with E-state index < -0.39 is 0 Å². The first-order valence-electron chi connectivity index (χ1n) is 6.09. The molecule has 0 unspecified atom stereocenters. The molecule has 0 amide bonds. The van der Waals surface area contributed by atoms with Crippen molar-refractivity contribution in [3.05, 3.63) is 57.1 Å². The van der Waals surface area contributed by atoms with Crippen molar-refractivity contribution in [2.24, 2.45) is 0 Å². The van der Waals surface area contributed by atoms with Gasteiger partial charge in [-0.2, -0.15) is 0 Å². The van der Waals surface area contributed by atoms with E-state index in [1.807, 2.05) is 12.1 Å². The Morgan fingerprint density at radius 3 is 2.33 bits per heavy atom. The highest BCUT2D eigenvalue weighted by atomic mass is 32.1. The average Bonchev–Trinajstić information content (AvgIpc) is 2.27. The summed E-state index contributed by atoms with van der Waals surface area (Å²) < 4.78 is 0. The molecule has 1 aromatic heterocycles. The largest absolute Gasteiger partial charge is 0.290 e. The highest BCUT2D eigenvalue weighted by molar-refractivity contribution is 7.15. The van der Waals surface area contributed by atoms with Gasteiger partial charge in [0.05, 0.1) is 0 Å². The molecule has 2 heteroatoms. The fourth-order valence-corrected chi connectivity index (χ4v) is 3.06. The molecule has 0 aliphatic carbocycles. The van der Waals surface area contributed by atoms with E-state index in [1.54, 1.807) is 23.5 Å². The number of aryl methyl sites for hydroxylation is 1. The number of benzene rings is 1. The van der Waals surface area contributed by atoms with E-state index in [2.05, 4.69) is 39.8 Å². The Kier molecular flexibility index (Phi) is 3.40. The maximum absolute atomic E-state index is 11.8. The van der Waals surface area contributed by atoms with Crippen molar-refractivity contribution >= 4 is 11.3 Å². The predicted molar refractivity (Wildman–Crippen MR) is 79.5 cm³/mol. The van der Waals surface area contributed by atoms with Crippen LogP contribution in [0.1, 0.15) is 31.2 Å². The van der Waals surface area contributed by atoms with Crippen LogP contribution >= 0.6 is 11.3 Å². The zero-order valence-electron chi connectivity index (χ0n) is 11.3. The Balaban J connectivity index is 2.63. The summed E-state index contributed by atoms with van der Waals surface area (Å²) in [6.45, 7) is 8.50. The van der Waals surface area contributed by atoms with Crippen LogP contribution in [0, 0.1) is 6.92 Å². The summed E-state index contributed by atoms with van der Waals surface area (Å²) in [6, 6.07) is 11.7. The second kappa shape index (κ2) is 4.69.